The molecular weight excluding hydrogens is 507 g/mol. The number of hydrogen-bond donors (Lipinski definition) is 2. The van der Waals surface area contributed by atoms with Crippen molar-refractivity contribution < 1.29 is 14.3 Å². The fourth-order valence-corrected chi connectivity index (χ4v) is 4.00. The van der Waals surface area contributed by atoms with Crippen LogP contribution in [-0.4, -0.2) is 75.4 Å². The van der Waals surface area contributed by atoms with E-state index in [0.717, 1.165) is 45.4 Å². The van der Waals surface area contributed by atoms with Gasteiger partial charge >= 0.3 is 0 Å². The molecule has 0 spiro atoms. The fourth-order valence-electron chi connectivity index (χ4n) is 4.00. The quantitative estimate of drug-likeness (QED) is 0.299. The Morgan fingerprint density at radius 3 is 2.65 bits per heavy atom. The van der Waals surface area contributed by atoms with Gasteiger partial charge in [-0.15, -0.1) is 24.0 Å². The Labute approximate surface area is 203 Å². The van der Waals surface area contributed by atoms with E-state index >= 15 is 0 Å². The largest absolute Gasteiger partial charge is 0.379 e. The Balaban J connectivity index is 0.00000341. The van der Waals surface area contributed by atoms with Gasteiger partial charge in [-0.1, -0.05) is 30.3 Å². The number of aliphatic imine (C=N–C) groups is 1. The van der Waals surface area contributed by atoms with Gasteiger partial charge in [0.05, 0.1) is 25.9 Å². The number of ether oxygens (including phenoxy) is 2. The van der Waals surface area contributed by atoms with Crippen molar-refractivity contribution in [3.05, 3.63) is 35.9 Å². The normalized spacial score (nSPS) is 20.8. The number of carbonyl (C=O) groups is 1. The standard InChI is InChI=1S/C23H36N4O3.HI/c1-18(16-30-21-10-13-29-17-21)26-23(24-2)25-15-22(28)27-11-8-20(9-12-27)14-19-6-4-3-5-7-19;/h3-7,18,20-21H,8-17H2,1-2H3,(H2,24,25,26);1H. The average molecular weight is 544 g/mol. The van der Waals surface area contributed by atoms with Crippen molar-refractivity contribution >= 4 is 35.8 Å². The highest BCUT2D eigenvalue weighted by Gasteiger charge is 2.23. The van der Waals surface area contributed by atoms with E-state index in [1.54, 1.807) is 7.05 Å². The monoisotopic (exact) mass is 544 g/mol. The van der Waals surface area contributed by atoms with Gasteiger partial charge in [-0.25, -0.2) is 0 Å². The minimum Gasteiger partial charge on any atom is -0.379 e. The van der Waals surface area contributed by atoms with Crippen molar-refractivity contribution in [1.29, 1.82) is 0 Å². The zero-order valence-corrected chi connectivity index (χ0v) is 21.0. The molecule has 174 valence electrons. The molecule has 1 amide bonds. The lowest BCUT2D eigenvalue weighted by Gasteiger charge is -2.32. The van der Waals surface area contributed by atoms with Crippen molar-refractivity contribution in [3.8, 4) is 0 Å². The second-order valence-electron chi connectivity index (χ2n) is 8.30. The lowest BCUT2D eigenvalue weighted by molar-refractivity contribution is -0.131. The van der Waals surface area contributed by atoms with Crippen LogP contribution in [-0.2, 0) is 20.7 Å². The van der Waals surface area contributed by atoms with Crippen molar-refractivity contribution in [2.45, 2.75) is 44.8 Å². The number of likely N-dealkylation sites (tertiary alicyclic amines) is 1. The van der Waals surface area contributed by atoms with E-state index in [1.165, 1.54) is 5.56 Å². The number of guanidine groups is 1. The summed E-state index contributed by atoms with van der Waals surface area (Å²) in [6.07, 6.45) is 4.37. The molecule has 0 saturated carbocycles. The second kappa shape index (κ2) is 13.9. The first-order chi connectivity index (χ1) is 14.6. The van der Waals surface area contributed by atoms with Crippen LogP contribution >= 0.6 is 24.0 Å². The number of piperidine rings is 1. The number of hydrogen-bond acceptors (Lipinski definition) is 4. The molecule has 2 atom stereocenters. The van der Waals surface area contributed by atoms with E-state index in [0.29, 0.717) is 25.1 Å². The van der Waals surface area contributed by atoms with Crippen molar-refractivity contribution in [1.82, 2.24) is 15.5 Å². The van der Waals surface area contributed by atoms with Crippen molar-refractivity contribution in [2.24, 2.45) is 10.9 Å². The summed E-state index contributed by atoms with van der Waals surface area (Å²) in [6.45, 7) is 6.00. The SMILES string of the molecule is CN=C(NCC(=O)N1CCC(Cc2ccccc2)CC1)NC(C)COC1CCOC1.I. The van der Waals surface area contributed by atoms with Crippen LogP contribution in [0.2, 0.25) is 0 Å². The number of nitrogens with one attached hydrogen (secondary N) is 2. The van der Waals surface area contributed by atoms with Gasteiger partial charge in [-0.2, -0.15) is 0 Å². The predicted octanol–water partition coefficient (Wildman–Crippen LogP) is 2.44. The van der Waals surface area contributed by atoms with Crippen molar-refractivity contribution in [2.75, 3.05) is 46.5 Å². The Hall–Kier alpha value is -1.39. The fraction of sp³-hybridized carbons (Fsp3) is 0.652. The lowest BCUT2D eigenvalue weighted by Crippen LogP contribution is -2.49. The number of benzene rings is 1. The molecule has 2 fully saturated rings. The van der Waals surface area contributed by atoms with Gasteiger partial charge in [0, 0.05) is 32.8 Å². The average Bonchev–Trinajstić information content (AvgIpc) is 3.30. The summed E-state index contributed by atoms with van der Waals surface area (Å²) in [5, 5.41) is 6.43. The summed E-state index contributed by atoms with van der Waals surface area (Å²) in [5.41, 5.74) is 1.39. The molecule has 0 bridgehead atoms. The van der Waals surface area contributed by atoms with Crippen LogP contribution < -0.4 is 10.6 Å². The summed E-state index contributed by atoms with van der Waals surface area (Å²) >= 11 is 0. The zero-order valence-electron chi connectivity index (χ0n) is 18.7. The molecule has 2 aliphatic rings. The lowest BCUT2D eigenvalue weighted by atomic mass is 9.90. The number of carbonyl (C=O) groups excluding carboxylic acids is 1. The first-order valence-electron chi connectivity index (χ1n) is 11.1. The van der Waals surface area contributed by atoms with E-state index < -0.39 is 0 Å². The van der Waals surface area contributed by atoms with Gasteiger partial charge in [-0.3, -0.25) is 9.79 Å². The maximum absolute atomic E-state index is 12.6. The van der Waals surface area contributed by atoms with E-state index in [-0.39, 0.29) is 48.6 Å². The number of amides is 1. The molecule has 8 heteroatoms. The molecule has 2 saturated heterocycles. The first kappa shape index (κ1) is 25.9. The van der Waals surface area contributed by atoms with E-state index in [9.17, 15) is 4.79 Å². The van der Waals surface area contributed by atoms with Gasteiger partial charge < -0.3 is 25.0 Å². The number of rotatable bonds is 8. The summed E-state index contributed by atoms with van der Waals surface area (Å²) in [7, 11) is 1.72. The Bertz CT molecular complexity index is 675. The minimum atomic E-state index is 0. The van der Waals surface area contributed by atoms with Crippen LogP contribution in [0, 0.1) is 5.92 Å². The molecular formula is C23H37IN4O3. The number of halogens is 1. The molecule has 3 rings (SSSR count). The molecule has 7 nitrogen and oxygen atoms in total. The topological polar surface area (TPSA) is 75.2 Å². The van der Waals surface area contributed by atoms with Crippen LogP contribution in [0.4, 0.5) is 0 Å². The zero-order chi connectivity index (χ0) is 21.2. The highest BCUT2D eigenvalue weighted by molar-refractivity contribution is 14.0. The van der Waals surface area contributed by atoms with Crippen molar-refractivity contribution in [3.63, 3.8) is 0 Å². The molecule has 0 aromatic heterocycles. The molecule has 2 aliphatic heterocycles. The molecule has 31 heavy (non-hydrogen) atoms. The van der Waals surface area contributed by atoms with E-state index in [4.69, 9.17) is 9.47 Å². The smallest absolute Gasteiger partial charge is 0.241 e. The highest BCUT2D eigenvalue weighted by atomic mass is 127. The summed E-state index contributed by atoms with van der Waals surface area (Å²) < 4.78 is 11.2. The van der Waals surface area contributed by atoms with Crippen LogP contribution in [0.25, 0.3) is 0 Å². The maximum atomic E-state index is 12.6. The number of nitrogens with zero attached hydrogens (tertiary/aromatic N) is 2. The molecule has 0 aliphatic carbocycles. The third kappa shape index (κ3) is 8.94. The van der Waals surface area contributed by atoms with Gasteiger partial charge in [0.1, 0.15) is 0 Å². The third-order valence-electron chi connectivity index (χ3n) is 5.82. The molecule has 2 N–H and O–H groups in total. The van der Waals surface area contributed by atoms with Gasteiger partial charge in [0.15, 0.2) is 5.96 Å². The van der Waals surface area contributed by atoms with Crippen LogP contribution in [0.15, 0.2) is 35.3 Å². The van der Waals surface area contributed by atoms with Gasteiger partial charge in [-0.05, 0) is 44.1 Å². The summed E-state index contributed by atoms with van der Waals surface area (Å²) in [5.74, 6) is 1.41. The van der Waals surface area contributed by atoms with Gasteiger partial charge in [0.2, 0.25) is 5.91 Å². The van der Waals surface area contributed by atoms with Crippen LogP contribution in [0.5, 0.6) is 0 Å². The Kier molecular flexibility index (Phi) is 11.6. The second-order valence-corrected chi connectivity index (χ2v) is 8.30. The predicted molar refractivity (Wildman–Crippen MR) is 134 cm³/mol. The maximum Gasteiger partial charge on any atom is 0.241 e. The van der Waals surface area contributed by atoms with E-state index in [1.807, 2.05) is 11.8 Å². The third-order valence-corrected chi connectivity index (χ3v) is 5.82. The van der Waals surface area contributed by atoms with Crippen LogP contribution in [0.3, 0.4) is 0 Å². The van der Waals surface area contributed by atoms with Crippen LogP contribution in [0.1, 0.15) is 31.7 Å². The Morgan fingerprint density at radius 2 is 2.00 bits per heavy atom. The molecule has 1 aromatic rings. The highest BCUT2D eigenvalue weighted by Crippen LogP contribution is 2.21. The Morgan fingerprint density at radius 1 is 1.26 bits per heavy atom. The van der Waals surface area contributed by atoms with Gasteiger partial charge in [0.25, 0.3) is 0 Å². The molecule has 1 aromatic carbocycles. The summed E-state index contributed by atoms with van der Waals surface area (Å²) in [6, 6.07) is 10.7. The minimum absolute atomic E-state index is 0. The van der Waals surface area contributed by atoms with E-state index in [2.05, 4.69) is 46.0 Å². The molecule has 0 radical (unpaired) electrons. The molecule has 2 unspecified atom stereocenters. The summed E-state index contributed by atoms with van der Waals surface area (Å²) in [4.78, 5) is 18.8. The molecule has 2 heterocycles. The first-order valence-corrected chi connectivity index (χ1v) is 11.1.